The number of carbonyl (C=O) groups is 1. The van der Waals surface area contributed by atoms with Crippen LogP contribution in [0.5, 0.6) is 0 Å². The van der Waals surface area contributed by atoms with Crippen LogP contribution in [0.2, 0.25) is 0 Å². The fourth-order valence-corrected chi connectivity index (χ4v) is 3.50. The van der Waals surface area contributed by atoms with E-state index in [2.05, 4.69) is 10.4 Å². The van der Waals surface area contributed by atoms with Crippen LogP contribution in [0.3, 0.4) is 0 Å². The topological polar surface area (TPSA) is 67.2 Å². The van der Waals surface area contributed by atoms with Crippen molar-refractivity contribution in [2.45, 2.75) is 26.5 Å². The highest BCUT2D eigenvalue weighted by atomic mass is 32.1. The number of thiophene rings is 1. The summed E-state index contributed by atoms with van der Waals surface area (Å²) in [5.74, 6) is -0.474. The molecule has 2 N–H and O–H groups in total. The Hall–Kier alpha value is -2.25. The molecule has 1 aromatic carbocycles. The fraction of sp³-hybridized carbons (Fsp3) is 0.294. The highest BCUT2D eigenvalue weighted by molar-refractivity contribution is 7.20. The number of aryl methyl sites for hydroxylation is 1. The van der Waals surface area contributed by atoms with Crippen molar-refractivity contribution in [1.82, 2.24) is 15.1 Å². The van der Waals surface area contributed by atoms with E-state index in [1.165, 1.54) is 23.5 Å². The predicted octanol–water partition coefficient (Wildman–Crippen LogP) is 2.70. The molecule has 1 unspecified atom stereocenters. The number of aliphatic hydroxyl groups excluding tert-OH is 1. The predicted molar refractivity (Wildman–Crippen MR) is 91.9 cm³/mol. The summed E-state index contributed by atoms with van der Waals surface area (Å²) >= 11 is 1.36. The zero-order valence-corrected chi connectivity index (χ0v) is 14.2. The minimum atomic E-state index is -0.584. The van der Waals surface area contributed by atoms with Gasteiger partial charge in [0.2, 0.25) is 0 Å². The van der Waals surface area contributed by atoms with Gasteiger partial charge in [-0.2, -0.15) is 5.10 Å². The molecule has 5 nitrogen and oxygen atoms in total. The third-order valence-electron chi connectivity index (χ3n) is 3.63. The van der Waals surface area contributed by atoms with Gasteiger partial charge in [0, 0.05) is 11.9 Å². The van der Waals surface area contributed by atoms with Crippen molar-refractivity contribution in [2.75, 3.05) is 6.54 Å². The van der Waals surface area contributed by atoms with E-state index >= 15 is 0 Å². The lowest BCUT2D eigenvalue weighted by atomic mass is 10.2. The molecule has 0 fully saturated rings. The van der Waals surface area contributed by atoms with Crippen LogP contribution in [0.4, 0.5) is 4.39 Å². The van der Waals surface area contributed by atoms with E-state index in [0.29, 0.717) is 11.4 Å². The summed E-state index contributed by atoms with van der Waals surface area (Å²) in [6.07, 6.45) is -0.584. The minimum absolute atomic E-state index is 0.204. The molecule has 0 aliphatic rings. The number of hydrogen-bond donors (Lipinski definition) is 2. The number of rotatable bonds is 5. The molecule has 1 atom stereocenters. The maximum atomic E-state index is 13.0. The number of aromatic nitrogens is 2. The summed E-state index contributed by atoms with van der Waals surface area (Å²) in [6.45, 7) is 4.25. The van der Waals surface area contributed by atoms with Crippen LogP contribution in [0.25, 0.3) is 10.2 Å². The first-order chi connectivity index (χ1) is 11.4. The van der Waals surface area contributed by atoms with Crippen LogP contribution in [0.1, 0.15) is 27.9 Å². The van der Waals surface area contributed by atoms with Gasteiger partial charge < -0.3 is 10.4 Å². The van der Waals surface area contributed by atoms with E-state index in [4.69, 9.17) is 0 Å². The van der Waals surface area contributed by atoms with Crippen molar-refractivity contribution in [3.05, 3.63) is 52.3 Å². The first-order valence-corrected chi connectivity index (χ1v) is 8.43. The molecule has 3 aromatic rings. The molecular formula is C17H18FN3O2S. The summed E-state index contributed by atoms with van der Waals surface area (Å²) < 4.78 is 14.8. The SMILES string of the molecule is Cc1nn(Cc2ccc(F)cc2)c2sc(C(=O)NCC(C)O)cc12. The number of benzene rings is 1. The Kier molecular flexibility index (Phi) is 4.64. The Morgan fingerprint density at radius 1 is 1.42 bits per heavy atom. The van der Waals surface area contributed by atoms with Crippen LogP contribution >= 0.6 is 11.3 Å². The second-order valence-corrected chi connectivity index (χ2v) is 6.79. The van der Waals surface area contributed by atoms with E-state index in [-0.39, 0.29) is 18.3 Å². The normalized spacial score (nSPS) is 12.5. The second-order valence-electron chi connectivity index (χ2n) is 5.76. The van der Waals surface area contributed by atoms with E-state index in [0.717, 1.165) is 21.5 Å². The number of carbonyl (C=O) groups excluding carboxylic acids is 1. The third kappa shape index (κ3) is 3.47. The largest absolute Gasteiger partial charge is 0.392 e. The monoisotopic (exact) mass is 347 g/mol. The smallest absolute Gasteiger partial charge is 0.261 e. The van der Waals surface area contributed by atoms with Crippen LogP contribution in [-0.4, -0.2) is 33.4 Å². The molecule has 7 heteroatoms. The Balaban J connectivity index is 1.87. The van der Waals surface area contributed by atoms with Gasteiger partial charge >= 0.3 is 0 Å². The number of nitrogens with one attached hydrogen (secondary N) is 1. The van der Waals surface area contributed by atoms with Crippen LogP contribution in [-0.2, 0) is 6.54 Å². The number of amides is 1. The average Bonchev–Trinajstić information content (AvgIpc) is 3.09. The molecule has 24 heavy (non-hydrogen) atoms. The first kappa shape index (κ1) is 16.6. The quantitative estimate of drug-likeness (QED) is 0.746. The molecule has 0 aliphatic heterocycles. The third-order valence-corrected chi connectivity index (χ3v) is 4.78. The fourth-order valence-electron chi connectivity index (χ4n) is 2.42. The van der Waals surface area contributed by atoms with Gasteiger partial charge in [0.15, 0.2) is 0 Å². The number of nitrogens with zero attached hydrogens (tertiary/aromatic N) is 2. The van der Waals surface area contributed by atoms with Crippen molar-refractivity contribution in [3.8, 4) is 0 Å². The van der Waals surface area contributed by atoms with Crippen molar-refractivity contribution in [2.24, 2.45) is 0 Å². The molecule has 2 heterocycles. The molecular weight excluding hydrogens is 329 g/mol. The lowest BCUT2D eigenvalue weighted by Gasteiger charge is -2.05. The number of fused-ring (bicyclic) bond motifs is 1. The lowest BCUT2D eigenvalue weighted by molar-refractivity contribution is 0.0928. The zero-order chi connectivity index (χ0) is 17.3. The Morgan fingerprint density at radius 2 is 2.12 bits per heavy atom. The maximum Gasteiger partial charge on any atom is 0.261 e. The zero-order valence-electron chi connectivity index (χ0n) is 13.4. The van der Waals surface area contributed by atoms with E-state index in [1.807, 2.05) is 17.7 Å². The summed E-state index contributed by atoms with van der Waals surface area (Å²) in [5.41, 5.74) is 1.78. The molecule has 2 aromatic heterocycles. The summed E-state index contributed by atoms with van der Waals surface area (Å²) in [6, 6.07) is 8.11. The standard InChI is InChI=1S/C17H18FN3O2S/c1-10(22)8-19-16(23)15-7-14-11(2)20-21(17(14)24-15)9-12-3-5-13(18)6-4-12/h3-7,10,22H,8-9H2,1-2H3,(H,19,23). The van der Waals surface area contributed by atoms with Crippen molar-refractivity contribution >= 4 is 27.5 Å². The molecule has 0 spiro atoms. The van der Waals surface area contributed by atoms with Gasteiger partial charge in [0.25, 0.3) is 5.91 Å². The van der Waals surface area contributed by atoms with Gasteiger partial charge in [-0.3, -0.25) is 9.48 Å². The summed E-state index contributed by atoms with van der Waals surface area (Å²) in [4.78, 5) is 13.6. The van der Waals surface area contributed by atoms with Crippen molar-refractivity contribution in [3.63, 3.8) is 0 Å². The van der Waals surface area contributed by atoms with Crippen LogP contribution in [0.15, 0.2) is 30.3 Å². The highest BCUT2D eigenvalue weighted by Gasteiger charge is 2.16. The molecule has 0 radical (unpaired) electrons. The Labute approximate surface area is 142 Å². The van der Waals surface area contributed by atoms with Gasteiger partial charge in [-0.15, -0.1) is 11.3 Å². The number of hydrogen-bond acceptors (Lipinski definition) is 4. The van der Waals surface area contributed by atoms with E-state index in [9.17, 15) is 14.3 Å². The molecule has 3 rings (SSSR count). The van der Waals surface area contributed by atoms with Crippen LogP contribution < -0.4 is 5.32 Å². The molecule has 126 valence electrons. The van der Waals surface area contributed by atoms with Crippen molar-refractivity contribution in [1.29, 1.82) is 0 Å². The number of halogens is 1. The second kappa shape index (κ2) is 6.70. The minimum Gasteiger partial charge on any atom is -0.392 e. The van der Waals surface area contributed by atoms with Gasteiger partial charge in [0.1, 0.15) is 10.6 Å². The van der Waals surface area contributed by atoms with Gasteiger partial charge in [0.05, 0.1) is 23.2 Å². The molecule has 0 aliphatic carbocycles. The van der Waals surface area contributed by atoms with Crippen LogP contribution in [0, 0.1) is 12.7 Å². The number of aliphatic hydroxyl groups is 1. The molecule has 1 amide bonds. The van der Waals surface area contributed by atoms with E-state index in [1.54, 1.807) is 19.1 Å². The molecule has 0 saturated carbocycles. The Morgan fingerprint density at radius 3 is 2.79 bits per heavy atom. The lowest BCUT2D eigenvalue weighted by Crippen LogP contribution is -2.29. The van der Waals surface area contributed by atoms with Crippen molar-refractivity contribution < 1.29 is 14.3 Å². The van der Waals surface area contributed by atoms with Gasteiger partial charge in [-0.25, -0.2) is 4.39 Å². The van der Waals surface area contributed by atoms with Gasteiger partial charge in [-0.05, 0) is 37.6 Å². The first-order valence-electron chi connectivity index (χ1n) is 7.61. The summed E-state index contributed by atoms with van der Waals surface area (Å²) in [5, 5.41) is 17.4. The molecule has 0 saturated heterocycles. The maximum absolute atomic E-state index is 13.0. The molecule has 0 bridgehead atoms. The Bertz CT molecular complexity index is 868. The van der Waals surface area contributed by atoms with Gasteiger partial charge in [-0.1, -0.05) is 12.1 Å². The van der Waals surface area contributed by atoms with E-state index < -0.39 is 6.10 Å². The average molecular weight is 347 g/mol. The summed E-state index contributed by atoms with van der Waals surface area (Å²) in [7, 11) is 0. The highest BCUT2D eigenvalue weighted by Crippen LogP contribution is 2.28.